The minimum absolute atomic E-state index is 0.0783. The third-order valence-electron chi connectivity index (χ3n) is 5.17. The van der Waals surface area contributed by atoms with Crippen LogP contribution in [-0.4, -0.2) is 36.5 Å². The highest BCUT2D eigenvalue weighted by Gasteiger charge is 2.16. The third kappa shape index (κ3) is 4.37. The Morgan fingerprint density at radius 1 is 1.06 bits per heavy atom. The van der Waals surface area contributed by atoms with Crippen LogP contribution >= 0.6 is 11.3 Å². The van der Waals surface area contributed by atoms with Crippen LogP contribution in [0.5, 0.6) is 5.88 Å². The summed E-state index contributed by atoms with van der Waals surface area (Å²) >= 11 is 1.48. The Labute approximate surface area is 194 Å². The van der Waals surface area contributed by atoms with Crippen molar-refractivity contribution in [2.45, 2.75) is 24.7 Å². The summed E-state index contributed by atoms with van der Waals surface area (Å²) in [6, 6.07) is 14.1. The Bertz CT molecular complexity index is 1530. The molecule has 4 heterocycles. The van der Waals surface area contributed by atoms with Gasteiger partial charge in [-0.3, -0.25) is 8.58 Å². The van der Waals surface area contributed by atoms with Crippen molar-refractivity contribution in [3.63, 3.8) is 0 Å². The first-order valence-corrected chi connectivity index (χ1v) is 12.5. The Balaban J connectivity index is 1.23. The monoisotopic (exact) mass is 483 g/mol. The molecule has 0 aliphatic rings. The molecule has 0 atom stereocenters. The lowest BCUT2D eigenvalue weighted by atomic mass is 10.2. The second kappa shape index (κ2) is 8.62. The van der Waals surface area contributed by atoms with Gasteiger partial charge >= 0.3 is 0 Å². The topological polar surface area (TPSA) is 95.9 Å². The normalized spacial score (nSPS) is 12.1. The van der Waals surface area contributed by atoms with Gasteiger partial charge in [0.15, 0.2) is 10.7 Å². The van der Waals surface area contributed by atoms with Gasteiger partial charge < -0.3 is 9.15 Å². The van der Waals surface area contributed by atoms with Crippen LogP contribution in [0.4, 0.5) is 0 Å². The van der Waals surface area contributed by atoms with Crippen molar-refractivity contribution in [3.8, 4) is 17.3 Å². The Hall–Kier alpha value is -3.21. The van der Waals surface area contributed by atoms with E-state index in [1.54, 1.807) is 31.4 Å². The molecule has 0 radical (unpaired) electrons. The number of ether oxygens (including phenoxy) is 1. The Morgan fingerprint density at radius 2 is 1.88 bits per heavy atom. The number of fused-ring (bicyclic) bond motifs is 3. The number of hydrogen-bond donors (Lipinski definition) is 0. The fourth-order valence-electron chi connectivity index (χ4n) is 3.44. The van der Waals surface area contributed by atoms with E-state index in [-0.39, 0.29) is 11.5 Å². The summed E-state index contributed by atoms with van der Waals surface area (Å²) in [4.78, 5) is 10.9. The van der Waals surface area contributed by atoms with Crippen LogP contribution in [0.2, 0.25) is 0 Å². The van der Waals surface area contributed by atoms with Gasteiger partial charge in [0.2, 0.25) is 5.88 Å². The molecule has 0 unspecified atom stereocenters. The average molecular weight is 484 g/mol. The van der Waals surface area contributed by atoms with Gasteiger partial charge in [-0.1, -0.05) is 29.0 Å². The molecule has 10 heteroatoms. The molecular formula is C23H21N3O5S2. The number of aryl methyl sites for hydroxylation is 2. The number of rotatable bonds is 8. The summed E-state index contributed by atoms with van der Waals surface area (Å²) in [6.45, 7) is 1.98. The number of nitrogens with zero attached hydrogens (tertiary/aromatic N) is 3. The molecule has 0 bridgehead atoms. The second-order valence-corrected chi connectivity index (χ2v) is 10.1. The number of benzene rings is 1. The fraction of sp³-hybridized carbons (Fsp3) is 0.217. The smallest absolute Gasteiger partial charge is 0.296 e. The van der Waals surface area contributed by atoms with E-state index in [0.717, 1.165) is 32.3 Å². The van der Waals surface area contributed by atoms with Crippen molar-refractivity contribution < 1.29 is 21.8 Å². The zero-order valence-corrected chi connectivity index (χ0v) is 19.6. The van der Waals surface area contributed by atoms with Crippen LogP contribution in [0.1, 0.15) is 17.7 Å². The molecule has 1 aromatic carbocycles. The van der Waals surface area contributed by atoms with Gasteiger partial charge in [-0.05, 0) is 43.7 Å². The molecule has 4 aromatic heterocycles. The molecule has 0 N–H and O–H groups in total. The molecule has 33 heavy (non-hydrogen) atoms. The number of methoxy groups -OCH3 is 1. The molecule has 0 aliphatic carbocycles. The molecule has 5 rings (SSSR count). The quantitative estimate of drug-likeness (QED) is 0.230. The second-order valence-electron chi connectivity index (χ2n) is 7.52. The number of hydrogen-bond acceptors (Lipinski definition) is 8. The summed E-state index contributed by atoms with van der Waals surface area (Å²) in [6.07, 6.45) is 2.98. The number of aromatic nitrogens is 3. The van der Waals surface area contributed by atoms with Crippen molar-refractivity contribution >= 4 is 36.8 Å². The molecule has 5 aromatic rings. The summed E-state index contributed by atoms with van der Waals surface area (Å²) in [7, 11) is -2.16. The molecule has 170 valence electrons. The number of thiazole rings is 1. The standard InChI is InChI=1S/C23H21N3O5S2/c1-15-5-8-17(9-6-15)33(27,28)30-13-3-4-16-7-11-20(31-16)18-14-26-19-10-12-21(29-2)25-22(19)32-23(26)24-18/h5-12,14H,3-4,13H2,1-2H3. The van der Waals surface area contributed by atoms with Crippen molar-refractivity contribution in [1.29, 1.82) is 0 Å². The van der Waals surface area contributed by atoms with Gasteiger partial charge in [-0.15, -0.1) is 0 Å². The van der Waals surface area contributed by atoms with Gasteiger partial charge in [0.05, 0.1) is 24.1 Å². The highest BCUT2D eigenvalue weighted by atomic mass is 32.2. The molecule has 8 nitrogen and oxygen atoms in total. The summed E-state index contributed by atoms with van der Waals surface area (Å²) < 4.78 is 42.8. The van der Waals surface area contributed by atoms with Crippen molar-refractivity contribution in [2.75, 3.05) is 13.7 Å². The lowest BCUT2D eigenvalue weighted by Crippen LogP contribution is -2.08. The van der Waals surface area contributed by atoms with Gasteiger partial charge in [-0.25, -0.2) is 9.97 Å². The maximum Gasteiger partial charge on any atom is 0.296 e. The SMILES string of the molecule is COc1ccc2c(n1)sc1nc(-c3ccc(CCCOS(=O)(=O)c4ccc(C)cc4)o3)cn12. The van der Waals surface area contributed by atoms with Gasteiger partial charge in [0, 0.05) is 18.7 Å². The predicted octanol–water partition coefficient (Wildman–Crippen LogP) is 4.86. The van der Waals surface area contributed by atoms with Gasteiger partial charge in [0.25, 0.3) is 10.1 Å². The van der Waals surface area contributed by atoms with Crippen molar-refractivity contribution in [2.24, 2.45) is 0 Å². The zero-order chi connectivity index (χ0) is 23.0. The van der Waals surface area contributed by atoms with Gasteiger partial charge in [-0.2, -0.15) is 8.42 Å². The van der Waals surface area contributed by atoms with Crippen LogP contribution in [0.15, 0.2) is 64.0 Å². The highest BCUT2D eigenvalue weighted by Crippen LogP contribution is 2.30. The average Bonchev–Trinajstić information content (AvgIpc) is 3.51. The van der Waals surface area contributed by atoms with E-state index in [9.17, 15) is 8.42 Å². The van der Waals surface area contributed by atoms with Gasteiger partial charge in [0.1, 0.15) is 16.3 Å². The van der Waals surface area contributed by atoms with Crippen LogP contribution < -0.4 is 4.74 Å². The van der Waals surface area contributed by atoms with E-state index in [2.05, 4.69) is 9.97 Å². The Morgan fingerprint density at radius 3 is 2.67 bits per heavy atom. The first-order chi connectivity index (χ1) is 15.9. The predicted molar refractivity (Wildman–Crippen MR) is 125 cm³/mol. The summed E-state index contributed by atoms with van der Waals surface area (Å²) in [5.41, 5.74) is 2.67. The lowest BCUT2D eigenvalue weighted by Gasteiger charge is -2.05. The van der Waals surface area contributed by atoms with Crippen LogP contribution in [0.25, 0.3) is 26.8 Å². The largest absolute Gasteiger partial charge is 0.481 e. The molecule has 0 saturated heterocycles. The molecule has 0 saturated carbocycles. The van der Waals surface area contributed by atoms with Crippen LogP contribution in [0, 0.1) is 6.92 Å². The minimum atomic E-state index is -3.76. The minimum Gasteiger partial charge on any atom is -0.481 e. The van der Waals surface area contributed by atoms with Crippen LogP contribution in [-0.2, 0) is 20.7 Å². The number of pyridine rings is 1. The lowest BCUT2D eigenvalue weighted by molar-refractivity contribution is 0.308. The van der Waals surface area contributed by atoms with E-state index in [1.807, 2.05) is 41.8 Å². The molecule has 0 amide bonds. The van der Waals surface area contributed by atoms with E-state index in [1.165, 1.54) is 11.3 Å². The van der Waals surface area contributed by atoms with Crippen molar-refractivity contribution in [3.05, 3.63) is 66.1 Å². The summed E-state index contributed by atoms with van der Waals surface area (Å²) in [5, 5.41) is 0. The maximum atomic E-state index is 12.3. The molecule has 0 fully saturated rings. The summed E-state index contributed by atoms with van der Waals surface area (Å²) in [5.74, 6) is 1.97. The van der Waals surface area contributed by atoms with Crippen molar-refractivity contribution in [1.82, 2.24) is 14.4 Å². The molecule has 0 aliphatic heterocycles. The first-order valence-electron chi connectivity index (χ1n) is 10.3. The van der Waals surface area contributed by atoms with E-state index < -0.39 is 10.1 Å². The first kappa shape index (κ1) is 21.6. The number of imidazole rings is 1. The Kier molecular flexibility index (Phi) is 5.65. The molecule has 0 spiro atoms. The zero-order valence-electron chi connectivity index (χ0n) is 18.0. The highest BCUT2D eigenvalue weighted by molar-refractivity contribution is 7.86. The van der Waals surface area contributed by atoms with E-state index in [4.69, 9.17) is 13.3 Å². The molecular weight excluding hydrogens is 462 g/mol. The van der Waals surface area contributed by atoms with Crippen LogP contribution in [0.3, 0.4) is 0 Å². The maximum absolute atomic E-state index is 12.3. The third-order valence-corrected chi connectivity index (χ3v) is 7.47. The fourth-order valence-corrected chi connectivity index (χ4v) is 5.35. The van der Waals surface area contributed by atoms with E-state index >= 15 is 0 Å². The van der Waals surface area contributed by atoms with E-state index in [0.29, 0.717) is 24.5 Å². The number of furan rings is 1.